The Balaban J connectivity index is 2.27. The first-order valence-corrected chi connectivity index (χ1v) is 8.18. The molecule has 3 rings (SSSR count). The molecule has 0 saturated heterocycles. The maximum absolute atomic E-state index is 14.1. The first kappa shape index (κ1) is 19.9. The number of aromatic hydroxyl groups is 1. The molecule has 0 atom stereocenters. The summed E-state index contributed by atoms with van der Waals surface area (Å²) in [6, 6.07) is 6.01. The Morgan fingerprint density at radius 3 is 2.34 bits per heavy atom. The molecule has 1 amide bonds. The zero-order valence-corrected chi connectivity index (χ0v) is 14.6. The Morgan fingerprint density at radius 2 is 1.72 bits per heavy atom. The first-order valence-electron chi connectivity index (χ1n) is 8.18. The van der Waals surface area contributed by atoms with E-state index < -0.39 is 64.9 Å². The van der Waals surface area contributed by atoms with Gasteiger partial charge in [-0.3, -0.25) is 14.4 Å². The maximum Gasteiger partial charge on any atom is 0.322 e. The molecule has 7 nitrogen and oxygen atoms in total. The van der Waals surface area contributed by atoms with Gasteiger partial charge in [0.15, 0.2) is 0 Å². The molecule has 0 unspecified atom stereocenters. The third kappa shape index (κ3) is 3.77. The lowest BCUT2D eigenvalue weighted by Gasteiger charge is -2.15. The van der Waals surface area contributed by atoms with Crippen LogP contribution in [0.3, 0.4) is 0 Å². The SMILES string of the molecule is O=C(O)CNC(=O)c1c(O)c2cc(F)ccc2n(Cc2c(F)cccc2F)c1=O. The second-order valence-corrected chi connectivity index (χ2v) is 6.05. The van der Waals surface area contributed by atoms with Crippen LogP contribution in [0.4, 0.5) is 13.2 Å². The van der Waals surface area contributed by atoms with E-state index in [1.54, 1.807) is 0 Å². The van der Waals surface area contributed by atoms with Crippen molar-refractivity contribution in [3.63, 3.8) is 0 Å². The fourth-order valence-corrected chi connectivity index (χ4v) is 2.86. The molecule has 0 aliphatic carbocycles. The highest BCUT2D eigenvalue weighted by Crippen LogP contribution is 2.28. The minimum absolute atomic E-state index is 0.0775. The molecule has 2 aromatic carbocycles. The minimum Gasteiger partial charge on any atom is -0.506 e. The molecule has 3 aromatic rings. The summed E-state index contributed by atoms with van der Waals surface area (Å²) >= 11 is 0. The Kier molecular flexibility index (Phi) is 5.26. The van der Waals surface area contributed by atoms with E-state index in [-0.39, 0.29) is 10.9 Å². The average Bonchev–Trinajstić information content (AvgIpc) is 2.66. The Bertz CT molecular complexity index is 1190. The van der Waals surface area contributed by atoms with E-state index in [1.165, 1.54) is 0 Å². The van der Waals surface area contributed by atoms with Gasteiger partial charge in [0.25, 0.3) is 11.5 Å². The molecular weight excluding hydrogens is 393 g/mol. The van der Waals surface area contributed by atoms with E-state index in [9.17, 15) is 32.7 Å². The van der Waals surface area contributed by atoms with Crippen LogP contribution in [-0.4, -0.2) is 33.2 Å². The van der Waals surface area contributed by atoms with Gasteiger partial charge in [0, 0.05) is 10.9 Å². The van der Waals surface area contributed by atoms with Crippen molar-refractivity contribution in [2.24, 2.45) is 0 Å². The van der Waals surface area contributed by atoms with Crippen LogP contribution >= 0.6 is 0 Å². The van der Waals surface area contributed by atoms with Crippen molar-refractivity contribution in [1.82, 2.24) is 9.88 Å². The van der Waals surface area contributed by atoms with E-state index in [4.69, 9.17) is 5.11 Å². The number of nitrogens with one attached hydrogen (secondary N) is 1. The third-order valence-electron chi connectivity index (χ3n) is 4.21. The largest absolute Gasteiger partial charge is 0.506 e. The summed E-state index contributed by atoms with van der Waals surface area (Å²) < 4.78 is 42.6. The molecule has 150 valence electrons. The maximum atomic E-state index is 14.1. The summed E-state index contributed by atoms with van der Waals surface area (Å²) in [4.78, 5) is 35.8. The highest BCUT2D eigenvalue weighted by atomic mass is 19.1. The zero-order valence-electron chi connectivity index (χ0n) is 14.6. The number of benzene rings is 2. The lowest BCUT2D eigenvalue weighted by atomic mass is 10.1. The number of hydrogen-bond donors (Lipinski definition) is 3. The number of rotatable bonds is 5. The quantitative estimate of drug-likeness (QED) is 0.601. The summed E-state index contributed by atoms with van der Waals surface area (Å²) in [6.45, 7) is -1.50. The van der Waals surface area contributed by atoms with Gasteiger partial charge in [-0.1, -0.05) is 6.07 Å². The highest BCUT2D eigenvalue weighted by Gasteiger charge is 2.24. The van der Waals surface area contributed by atoms with Gasteiger partial charge in [-0.25, -0.2) is 13.2 Å². The lowest BCUT2D eigenvalue weighted by molar-refractivity contribution is -0.135. The van der Waals surface area contributed by atoms with Crippen molar-refractivity contribution >= 4 is 22.8 Å². The van der Waals surface area contributed by atoms with E-state index in [0.717, 1.165) is 41.0 Å². The third-order valence-corrected chi connectivity index (χ3v) is 4.21. The van der Waals surface area contributed by atoms with Gasteiger partial charge < -0.3 is 20.1 Å². The number of hydrogen-bond acceptors (Lipinski definition) is 4. The van der Waals surface area contributed by atoms with Crippen LogP contribution in [0.15, 0.2) is 41.2 Å². The number of fused-ring (bicyclic) bond motifs is 1. The van der Waals surface area contributed by atoms with E-state index >= 15 is 0 Å². The lowest BCUT2D eigenvalue weighted by Crippen LogP contribution is -2.36. The number of carbonyl (C=O) groups is 2. The first-order chi connectivity index (χ1) is 13.7. The van der Waals surface area contributed by atoms with Gasteiger partial charge in [-0.05, 0) is 30.3 Å². The molecule has 3 N–H and O–H groups in total. The van der Waals surface area contributed by atoms with Crippen LogP contribution in [0, 0.1) is 17.5 Å². The summed E-state index contributed by atoms with van der Waals surface area (Å²) in [7, 11) is 0. The number of nitrogens with zero attached hydrogens (tertiary/aromatic N) is 1. The Labute approximate surface area is 160 Å². The summed E-state index contributed by atoms with van der Waals surface area (Å²) in [5.41, 5.74) is -2.57. The number of aromatic nitrogens is 1. The number of pyridine rings is 1. The fraction of sp³-hybridized carbons (Fsp3) is 0.105. The number of carboxylic acids is 1. The Morgan fingerprint density at radius 1 is 1.07 bits per heavy atom. The zero-order chi connectivity index (χ0) is 21.3. The Hall–Kier alpha value is -3.82. The standard InChI is InChI=1S/C19H13F3N2O5/c20-9-4-5-14-10(6-9)17(27)16(18(28)23-7-15(25)26)19(29)24(14)8-11-12(21)2-1-3-13(11)22/h1-6,27H,7-8H2,(H,23,28)(H,25,26). The number of aliphatic carboxylic acids is 1. The van der Waals surface area contributed by atoms with E-state index in [2.05, 4.69) is 0 Å². The van der Waals surface area contributed by atoms with Crippen LogP contribution in [-0.2, 0) is 11.3 Å². The highest BCUT2D eigenvalue weighted by molar-refractivity contribution is 6.03. The predicted octanol–water partition coefficient (Wildman–Crippen LogP) is 1.99. The molecule has 1 aromatic heterocycles. The summed E-state index contributed by atoms with van der Waals surface area (Å²) in [6.07, 6.45) is 0. The normalized spacial score (nSPS) is 10.9. The van der Waals surface area contributed by atoms with E-state index in [0.29, 0.717) is 0 Å². The average molecular weight is 406 g/mol. The molecule has 0 radical (unpaired) electrons. The smallest absolute Gasteiger partial charge is 0.322 e. The molecule has 0 bridgehead atoms. The summed E-state index contributed by atoms with van der Waals surface area (Å²) in [5.74, 6) is -6.21. The minimum atomic E-state index is -1.40. The second kappa shape index (κ2) is 7.66. The molecular formula is C19H13F3N2O5. The monoisotopic (exact) mass is 406 g/mol. The van der Waals surface area contributed by atoms with Crippen molar-refractivity contribution in [2.45, 2.75) is 6.54 Å². The molecule has 0 saturated carbocycles. The van der Waals surface area contributed by atoms with Gasteiger partial charge in [-0.15, -0.1) is 0 Å². The van der Waals surface area contributed by atoms with Gasteiger partial charge >= 0.3 is 5.97 Å². The van der Waals surface area contributed by atoms with Crippen LogP contribution in [0.2, 0.25) is 0 Å². The topological polar surface area (TPSA) is 109 Å². The van der Waals surface area contributed by atoms with Crippen molar-refractivity contribution < 1.29 is 33.0 Å². The van der Waals surface area contributed by atoms with Crippen molar-refractivity contribution in [3.05, 3.63) is 75.3 Å². The molecule has 0 aliphatic rings. The van der Waals surface area contributed by atoms with E-state index in [1.807, 2.05) is 5.32 Å². The number of carbonyl (C=O) groups excluding carboxylic acids is 1. The number of amides is 1. The molecule has 1 heterocycles. The second-order valence-electron chi connectivity index (χ2n) is 6.05. The molecule has 10 heteroatoms. The molecule has 0 aliphatic heterocycles. The molecule has 29 heavy (non-hydrogen) atoms. The van der Waals surface area contributed by atoms with Crippen LogP contribution in [0.25, 0.3) is 10.9 Å². The van der Waals surface area contributed by atoms with Gasteiger partial charge in [-0.2, -0.15) is 0 Å². The van der Waals surface area contributed by atoms with Crippen molar-refractivity contribution in [2.75, 3.05) is 6.54 Å². The number of halogens is 3. The van der Waals surface area contributed by atoms with Gasteiger partial charge in [0.2, 0.25) is 0 Å². The van der Waals surface area contributed by atoms with Crippen LogP contribution in [0.1, 0.15) is 15.9 Å². The fourth-order valence-electron chi connectivity index (χ4n) is 2.86. The predicted molar refractivity (Wildman–Crippen MR) is 95.3 cm³/mol. The molecule has 0 fully saturated rings. The van der Waals surface area contributed by atoms with Crippen LogP contribution in [0.5, 0.6) is 5.75 Å². The van der Waals surface area contributed by atoms with Gasteiger partial charge in [0.1, 0.15) is 35.3 Å². The van der Waals surface area contributed by atoms with Crippen molar-refractivity contribution in [1.29, 1.82) is 0 Å². The van der Waals surface area contributed by atoms with Crippen LogP contribution < -0.4 is 10.9 Å². The van der Waals surface area contributed by atoms with Gasteiger partial charge in [0.05, 0.1) is 12.1 Å². The van der Waals surface area contributed by atoms with Crippen molar-refractivity contribution in [3.8, 4) is 5.75 Å². The number of carboxylic acid groups (broad SMARTS) is 1. The summed E-state index contributed by atoms with van der Waals surface area (Å²) in [5, 5.41) is 20.7. The molecule has 0 spiro atoms.